The molecule has 6 nitrogen and oxygen atoms in total. The van der Waals surface area contributed by atoms with Crippen LogP contribution in [0.15, 0.2) is 64.0 Å². The zero-order chi connectivity index (χ0) is 20.1. The second kappa shape index (κ2) is 8.52. The van der Waals surface area contributed by atoms with Crippen molar-refractivity contribution in [1.82, 2.24) is 5.32 Å². The molecule has 3 rings (SSSR count). The number of amides is 2. The minimum absolute atomic E-state index is 0.161. The molecule has 0 unspecified atom stereocenters. The van der Waals surface area contributed by atoms with Gasteiger partial charge in [0.15, 0.2) is 0 Å². The molecule has 0 aliphatic carbocycles. The molecule has 0 bridgehead atoms. The van der Waals surface area contributed by atoms with E-state index in [9.17, 15) is 9.59 Å². The Bertz CT molecular complexity index is 1070. The highest BCUT2D eigenvalue weighted by Gasteiger charge is 2.15. The molecule has 0 saturated carbocycles. The molecule has 1 N–H and O–H groups in total. The van der Waals surface area contributed by atoms with Gasteiger partial charge in [-0.05, 0) is 44.2 Å². The van der Waals surface area contributed by atoms with Gasteiger partial charge in [0.25, 0.3) is 5.91 Å². The number of hydrogen-bond acceptors (Lipinski definition) is 5. The Morgan fingerprint density at radius 2 is 1.75 bits per heavy atom. The van der Waals surface area contributed by atoms with E-state index in [1.165, 1.54) is 6.92 Å². The van der Waals surface area contributed by atoms with Crippen LogP contribution in [0.2, 0.25) is 0 Å². The van der Waals surface area contributed by atoms with Gasteiger partial charge in [-0.15, -0.1) is 0 Å². The molecule has 6 heteroatoms. The van der Waals surface area contributed by atoms with Crippen LogP contribution in [-0.4, -0.2) is 24.9 Å². The molecule has 3 aromatic rings. The van der Waals surface area contributed by atoms with E-state index in [4.69, 9.17) is 4.42 Å². The van der Waals surface area contributed by atoms with Gasteiger partial charge in [0.05, 0.1) is 5.69 Å². The fourth-order valence-electron chi connectivity index (χ4n) is 2.99. The van der Waals surface area contributed by atoms with Crippen molar-refractivity contribution in [2.75, 3.05) is 18.0 Å². The summed E-state index contributed by atoms with van der Waals surface area (Å²) >= 11 is 0. The van der Waals surface area contributed by atoms with Crippen LogP contribution in [0.25, 0.3) is 11.0 Å². The minimum atomic E-state index is -0.541. The van der Waals surface area contributed by atoms with Gasteiger partial charge in [0.2, 0.25) is 11.5 Å². The average molecular weight is 377 g/mol. The van der Waals surface area contributed by atoms with E-state index >= 15 is 0 Å². The van der Waals surface area contributed by atoms with Gasteiger partial charge in [0, 0.05) is 37.2 Å². The second-order valence-corrected chi connectivity index (χ2v) is 6.32. The standard InChI is InChI=1S/C22H23N3O3/c1-4-25(5-2)18-12-11-16-13-19(21(27)23-15(3)26)22(28-20(16)14-18)24-17-9-7-6-8-10-17/h6-14H,4-5H2,1-3H3,(H,23,26,27). The highest BCUT2D eigenvalue weighted by molar-refractivity contribution is 6.05. The van der Waals surface area contributed by atoms with Crippen molar-refractivity contribution in [3.05, 3.63) is 65.7 Å². The van der Waals surface area contributed by atoms with Gasteiger partial charge in [-0.3, -0.25) is 14.9 Å². The fraction of sp³-hybridized carbons (Fsp3) is 0.227. The van der Waals surface area contributed by atoms with Gasteiger partial charge in [-0.25, -0.2) is 4.99 Å². The van der Waals surface area contributed by atoms with Crippen molar-refractivity contribution in [2.45, 2.75) is 20.8 Å². The molecule has 0 fully saturated rings. The minimum Gasteiger partial charge on any atom is -0.437 e. The number of fused-ring (bicyclic) bond motifs is 1. The lowest BCUT2D eigenvalue weighted by Crippen LogP contribution is -2.32. The number of nitrogens with one attached hydrogen (secondary N) is 1. The van der Waals surface area contributed by atoms with E-state index in [-0.39, 0.29) is 11.1 Å². The first kappa shape index (κ1) is 19.4. The van der Waals surface area contributed by atoms with E-state index in [0.29, 0.717) is 11.3 Å². The number of imide groups is 1. The van der Waals surface area contributed by atoms with Gasteiger partial charge >= 0.3 is 0 Å². The van der Waals surface area contributed by atoms with Crippen molar-refractivity contribution >= 4 is 34.2 Å². The summed E-state index contributed by atoms with van der Waals surface area (Å²) in [5.41, 5.74) is 2.69. The molecular formula is C22H23N3O3. The maximum atomic E-state index is 12.5. The first-order chi connectivity index (χ1) is 13.5. The third-order valence-corrected chi connectivity index (χ3v) is 4.38. The summed E-state index contributed by atoms with van der Waals surface area (Å²) in [6.07, 6.45) is 0. The fourth-order valence-corrected chi connectivity index (χ4v) is 2.99. The van der Waals surface area contributed by atoms with E-state index in [0.717, 1.165) is 24.2 Å². The zero-order valence-corrected chi connectivity index (χ0v) is 16.2. The zero-order valence-electron chi connectivity index (χ0n) is 16.2. The molecule has 0 aliphatic rings. The lowest BCUT2D eigenvalue weighted by atomic mass is 10.1. The molecule has 0 aliphatic heterocycles. The van der Waals surface area contributed by atoms with E-state index < -0.39 is 11.8 Å². The number of para-hydroxylation sites is 1. The Morgan fingerprint density at radius 1 is 1.04 bits per heavy atom. The van der Waals surface area contributed by atoms with Gasteiger partial charge < -0.3 is 9.32 Å². The van der Waals surface area contributed by atoms with Crippen LogP contribution in [-0.2, 0) is 4.79 Å². The van der Waals surface area contributed by atoms with Crippen LogP contribution >= 0.6 is 0 Å². The number of anilines is 1. The maximum absolute atomic E-state index is 12.5. The topological polar surface area (TPSA) is 74.9 Å². The van der Waals surface area contributed by atoms with Gasteiger partial charge in [-0.1, -0.05) is 18.2 Å². The van der Waals surface area contributed by atoms with Crippen LogP contribution in [0.1, 0.15) is 31.1 Å². The number of nitrogens with zero attached hydrogens (tertiary/aromatic N) is 2. The monoisotopic (exact) mass is 377 g/mol. The Kier molecular flexibility index (Phi) is 5.89. The van der Waals surface area contributed by atoms with Crippen LogP contribution in [0, 0.1) is 0 Å². The average Bonchev–Trinajstić information content (AvgIpc) is 2.68. The SMILES string of the molecule is CCN(CC)c1ccc2cc(C(=O)NC(C)=O)c(=Nc3ccccc3)oc2c1. The van der Waals surface area contributed by atoms with Crippen LogP contribution < -0.4 is 15.8 Å². The third-order valence-electron chi connectivity index (χ3n) is 4.38. The van der Waals surface area contributed by atoms with E-state index in [1.807, 2.05) is 48.5 Å². The summed E-state index contributed by atoms with van der Waals surface area (Å²) in [5.74, 6) is -0.978. The molecule has 2 aromatic carbocycles. The predicted octanol–water partition coefficient (Wildman–Crippen LogP) is 3.79. The van der Waals surface area contributed by atoms with Crippen molar-refractivity contribution in [1.29, 1.82) is 0 Å². The number of hydrogen-bond donors (Lipinski definition) is 1. The lowest BCUT2D eigenvalue weighted by Gasteiger charge is -2.21. The predicted molar refractivity (Wildman–Crippen MR) is 110 cm³/mol. The van der Waals surface area contributed by atoms with Crippen LogP contribution in [0.4, 0.5) is 11.4 Å². The number of benzene rings is 2. The normalized spacial score (nSPS) is 11.5. The Labute approximate surface area is 163 Å². The molecular weight excluding hydrogens is 354 g/mol. The smallest absolute Gasteiger partial charge is 0.263 e. The maximum Gasteiger partial charge on any atom is 0.263 e. The summed E-state index contributed by atoms with van der Waals surface area (Å²) in [4.78, 5) is 30.6. The summed E-state index contributed by atoms with van der Waals surface area (Å²) in [6, 6.07) is 16.8. The quantitative estimate of drug-likeness (QED) is 0.734. The van der Waals surface area contributed by atoms with Crippen molar-refractivity contribution < 1.29 is 14.0 Å². The largest absolute Gasteiger partial charge is 0.437 e. The molecule has 28 heavy (non-hydrogen) atoms. The molecule has 0 atom stereocenters. The first-order valence-corrected chi connectivity index (χ1v) is 9.26. The van der Waals surface area contributed by atoms with E-state index in [1.54, 1.807) is 6.07 Å². The molecule has 144 valence electrons. The molecule has 0 saturated heterocycles. The highest BCUT2D eigenvalue weighted by atomic mass is 16.3. The number of rotatable bonds is 5. The summed E-state index contributed by atoms with van der Waals surface area (Å²) in [5, 5.41) is 3.05. The molecule has 1 aromatic heterocycles. The highest BCUT2D eigenvalue weighted by Crippen LogP contribution is 2.22. The molecule has 0 spiro atoms. The van der Waals surface area contributed by atoms with E-state index in [2.05, 4.69) is 29.1 Å². The number of carbonyl (C=O) groups is 2. The first-order valence-electron chi connectivity index (χ1n) is 9.26. The summed E-state index contributed by atoms with van der Waals surface area (Å²) in [7, 11) is 0. The van der Waals surface area contributed by atoms with Crippen LogP contribution in [0.5, 0.6) is 0 Å². The number of carbonyl (C=O) groups excluding carboxylic acids is 2. The van der Waals surface area contributed by atoms with Gasteiger partial charge in [0.1, 0.15) is 11.1 Å². The van der Waals surface area contributed by atoms with Crippen molar-refractivity contribution in [3.8, 4) is 0 Å². The molecule has 0 radical (unpaired) electrons. The molecule has 1 heterocycles. The Balaban J connectivity index is 2.21. The second-order valence-electron chi connectivity index (χ2n) is 6.32. The van der Waals surface area contributed by atoms with Crippen molar-refractivity contribution in [3.63, 3.8) is 0 Å². The Morgan fingerprint density at radius 3 is 2.39 bits per heavy atom. The van der Waals surface area contributed by atoms with Gasteiger partial charge in [-0.2, -0.15) is 0 Å². The molecule has 2 amide bonds. The third kappa shape index (κ3) is 4.28. The van der Waals surface area contributed by atoms with Crippen molar-refractivity contribution in [2.24, 2.45) is 4.99 Å². The van der Waals surface area contributed by atoms with Crippen LogP contribution in [0.3, 0.4) is 0 Å². The lowest BCUT2D eigenvalue weighted by molar-refractivity contribution is -0.118. The summed E-state index contributed by atoms with van der Waals surface area (Å²) < 4.78 is 6.01. The Hall–Kier alpha value is -3.41. The summed E-state index contributed by atoms with van der Waals surface area (Å²) in [6.45, 7) is 7.23.